The maximum absolute atomic E-state index is 6.33. The van der Waals surface area contributed by atoms with E-state index in [0.29, 0.717) is 18.3 Å². The minimum absolute atomic E-state index is 0.0360. The molecule has 1 aliphatic rings. The van der Waals surface area contributed by atoms with Gasteiger partial charge in [0.1, 0.15) is 16.5 Å². The highest BCUT2D eigenvalue weighted by molar-refractivity contribution is 9.10. The molecule has 0 bridgehead atoms. The zero-order valence-electron chi connectivity index (χ0n) is 14.3. The van der Waals surface area contributed by atoms with Crippen molar-refractivity contribution in [3.63, 3.8) is 0 Å². The number of halogens is 2. The number of aromatic nitrogens is 2. The molecule has 0 aliphatic carbocycles. The first-order valence-corrected chi connectivity index (χ1v) is 9.74. The van der Waals surface area contributed by atoms with Crippen molar-refractivity contribution in [3.8, 4) is 0 Å². The summed E-state index contributed by atoms with van der Waals surface area (Å²) in [6, 6.07) is 5.58. The minimum Gasteiger partial charge on any atom is -0.467 e. The van der Waals surface area contributed by atoms with E-state index in [4.69, 9.17) is 26.5 Å². The van der Waals surface area contributed by atoms with Gasteiger partial charge in [-0.25, -0.2) is 4.52 Å². The van der Waals surface area contributed by atoms with E-state index in [0.717, 1.165) is 45.5 Å². The molecule has 6 nitrogen and oxygen atoms in total. The van der Waals surface area contributed by atoms with Gasteiger partial charge in [-0.1, -0.05) is 11.6 Å². The first-order valence-electron chi connectivity index (χ1n) is 8.57. The van der Waals surface area contributed by atoms with Crippen LogP contribution in [-0.2, 0) is 11.3 Å². The van der Waals surface area contributed by atoms with Crippen molar-refractivity contribution in [2.75, 3.05) is 11.9 Å². The van der Waals surface area contributed by atoms with Gasteiger partial charge in [-0.3, -0.25) is 0 Å². The van der Waals surface area contributed by atoms with Gasteiger partial charge in [0.2, 0.25) is 0 Å². The Labute approximate surface area is 164 Å². The van der Waals surface area contributed by atoms with E-state index in [-0.39, 0.29) is 12.1 Å². The van der Waals surface area contributed by atoms with E-state index in [1.54, 1.807) is 6.26 Å². The molecule has 2 atom stereocenters. The molecule has 4 rings (SSSR count). The summed E-state index contributed by atoms with van der Waals surface area (Å²) in [6.07, 6.45) is 3.43. The van der Waals surface area contributed by atoms with Crippen LogP contribution in [0.4, 0.5) is 5.69 Å². The lowest BCUT2D eigenvalue weighted by atomic mass is 9.96. The lowest BCUT2D eigenvalue weighted by Gasteiger charge is -2.29. The third-order valence-corrected chi connectivity index (χ3v) is 5.73. The molecule has 26 heavy (non-hydrogen) atoms. The molecule has 138 valence electrons. The van der Waals surface area contributed by atoms with Crippen LogP contribution in [0.3, 0.4) is 0 Å². The molecule has 1 aliphatic heterocycles. The second-order valence-corrected chi connectivity index (χ2v) is 7.64. The Balaban J connectivity index is 1.79. The van der Waals surface area contributed by atoms with Crippen molar-refractivity contribution in [3.05, 3.63) is 51.1 Å². The van der Waals surface area contributed by atoms with E-state index in [1.165, 1.54) is 0 Å². The normalized spacial score (nSPS) is 20.6. The van der Waals surface area contributed by atoms with Crippen molar-refractivity contribution < 1.29 is 9.15 Å². The number of aryl methyl sites for hydroxylation is 1. The van der Waals surface area contributed by atoms with Gasteiger partial charge in [-0.15, -0.1) is 0 Å². The summed E-state index contributed by atoms with van der Waals surface area (Å²) in [4.78, 5) is 0. The summed E-state index contributed by atoms with van der Waals surface area (Å²) in [5.74, 6) is 0.845. The molecule has 8 heteroatoms. The van der Waals surface area contributed by atoms with E-state index >= 15 is 0 Å². The predicted octanol–water partition coefficient (Wildman–Crippen LogP) is 4.44. The van der Waals surface area contributed by atoms with Gasteiger partial charge >= 0.3 is 0 Å². The third kappa shape index (κ3) is 3.13. The molecule has 3 N–H and O–H groups in total. The van der Waals surface area contributed by atoms with Crippen LogP contribution in [0.2, 0.25) is 5.15 Å². The van der Waals surface area contributed by atoms with Crippen molar-refractivity contribution >= 4 is 38.7 Å². The summed E-state index contributed by atoms with van der Waals surface area (Å²) < 4.78 is 14.0. The smallest absolute Gasteiger partial charge is 0.152 e. The molecule has 0 unspecified atom stereocenters. The molecule has 0 radical (unpaired) electrons. The highest BCUT2D eigenvalue weighted by atomic mass is 79.9. The maximum Gasteiger partial charge on any atom is 0.152 e. The van der Waals surface area contributed by atoms with Crippen LogP contribution >= 0.6 is 27.5 Å². The zero-order valence-corrected chi connectivity index (χ0v) is 16.7. The highest BCUT2D eigenvalue weighted by Crippen LogP contribution is 2.40. The number of anilines is 1. The average Bonchev–Trinajstić information content (AvgIpc) is 3.22. The predicted molar refractivity (Wildman–Crippen MR) is 105 cm³/mol. The molecule has 3 aromatic rings. The molecular weight excluding hydrogens is 420 g/mol. The van der Waals surface area contributed by atoms with Crippen molar-refractivity contribution in [2.24, 2.45) is 5.73 Å². The number of fused-ring (bicyclic) bond motifs is 1. The average molecular weight is 440 g/mol. The summed E-state index contributed by atoms with van der Waals surface area (Å²) in [7, 11) is 0. The van der Waals surface area contributed by atoms with E-state index < -0.39 is 0 Å². The van der Waals surface area contributed by atoms with Gasteiger partial charge in [0, 0.05) is 24.3 Å². The number of hydrogen-bond donors (Lipinski definition) is 2. The van der Waals surface area contributed by atoms with Crippen molar-refractivity contribution in [2.45, 2.75) is 38.5 Å². The lowest BCUT2D eigenvalue weighted by Crippen LogP contribution is -2.34. The summed E-state index contributed by atoms with van der Waals surface area (Å²) >= 11 is 9.94. The fourth-order valence-corrected chi connectivity index (χ4v) is 4.50. The second-order valence-electron chi connectivity index (χ2n) is 6.50. The number of furan rings is 1. The molecular formula is C18H20BrClN4O2. The number of ether oxygens (including phenoxy) is 1. The topological polar surface area (TPSA) is 77.7 Å². The van der Waals surface area contributed by atoms with Crippen molar-refractivity contribution in [1.29, 1.82) is 0 Å². The fourth-order valence-electron chi connectivity index (χ4n) is 3.54. The van der Waals surface area contributed by atoms with Gasteiger partial charge in [-0.05, 0) is 53.4 Å². The lowest BCUT2D eigenvalue weighted by molar-refractivity contribution is -0.000595. The SMILES string of the molecule is Cc1c([C@H]2OCCC[C@@H]2N)c(Br)n2nc(Cl)cc(NCc3ccco3)c12. The van der Waals surface area contributed by atoms with E-state index in [9.17, 15) is 0 Å². The Morgan fingerprint density at radius 3 is 3.08 bits per heavy atom. The Morgan fingerprint density at radius 1 is 1.50 bits per heavy atom. The molecule has 1 saturated heterocycles. The van der Waals surface area contributed by atoms with E-state index in [1.807, 2.05) is 22.7 Å². The van der Waals surface area contributed by atoms with Gasteiger partial charge in [0.25, 0.3) is 0 Å². The molecule has 0 aromatic carbocycles. The van der Waals surface area contributed by atoms with Gasteiger partial charge in [0.05, 0.1) is 24.0 Å². The van der Waals surface area contributed by atoms with Crippen LogP contribution in [0.25, 0.3) is 5.52 Å². The number of nitrogens with two attached hydrogens (primary N) is 1. The first kappa shape index (κ1) is 17.9. The Morgan fingerprint density at radius 2 is 2.35 bits per heavy atom. The quantitative estimate of drug-likeness (QED) is 0.628. The van der Waals surface area contributed by atoms with Crippen LogP contribution in [0.5, 0.6) is 0 Å². The van der Waals surface area contributed by atoms with Crippen LogP contribution in [0.15, 0.2) is 33.5 Å². The van der Waals surface area contributed by atoms with Crippen LogP contribution in [0, 0.1) is 6.92 Å². The van der Waals surface area contributed by atoms with Gasteiger partial charge in [-0.2, -0.15) is 5.10 Å². The largest absolute Gasteiger partial charge is 0.467 e. The summed E-state index contributed by atoms with van der Waals surface area (Å²) in [6.45, 7) is 3.34. The number of hydrogen-bond acceptors (Lipinski definition) is 5. The molecule has 0 saturated carbocycles. The molecule has 0 spiro atoms. The number of nitrogens with zero attached hydrogens (tertiary/aromatic N) is 2. The molecule has 0 amide bonds. The van der Waals surface area contributed by atoms with E-state index in [2.05, 4.69) is 33.3 Å². The maximum atomic E-state index is 6.33. The van der Waals surface area contributed by atoms with Gasteiger partial charge < -0.3 is 20.2 Å². The van der Waals surface area contributed by atoms with Crippen LogP contribution in [-0.4, -0.2) is 22.3 Å². The first-order chi connectivity index (χ1) is 12.6. The number of rotatable bonds is 4. The van der Waals surface area contributed by atoms with Crippen LogP contribution in [0.1, 0.15) is 35.8 Å². The molecule has 4 heterocycles. The molecule has 3 aromatic heterocycles. The second kappa shape index (κ2) is 7.23. The van der Waals surface area contributed by atoms with Crippen LogP contribution < -0.4 is 11.1 Å². The third-order valence-electron chi connectivity index (χ3n) is 4.78. The molecule has 1 fully saturated rings. The monoisotopic (exact) mass is 438 g/mol. The summed E-state index contributed by atoms with van der Waals surface area (Å²) in [5.41, 5.74) is 10.3. The van der Waals surface area contributed by atoms with Gasteiger partial charge in [0.15, 0.2) is 5.15 Å². The standard InChI is InChI=1S/C18H20BrClN4O2/c1-10-15(17-12(21)5-3-7-26-17)18(19)24-16(10)13(8-14(20)23-24)22-9-11-4-2-6-25-11/h2,4,6,8,12,17,22H,3,5,7,9,21H2,1H3/t12-,17-/m0/s1. The highest BCUT2D eigenvalue weighted by Gasteiger charge is 2.31. The Hall–Kier alpha value is -1.54. The Bertz CT molecular complexity index is 925. The Kier molecular flexibility index (Phi) is 4.96. The fraction of sp³-hybridized carbons (Fsp3) is 0.389. The minimum atomic E-state index is -0.156. The zero-order chi connectivity index (χ0) is 18.3. The van der Waals surface area contributed by atoms with Crippen molar-refractivity contribution in [1.82, 2.24) is 9.61 Å². The number of nitrogens with one attached hydrogen (secondary N) is 1. The summed E-state index contributed by atoms with van der Waals surface area (Å²) in [5, 5.41) is 8.25.